The summed E-state index contributed by atoms with van der Waals surface area (Å²) in [4.78, 5) is 12.4. The molecule has 0 saturated carbocycles. The van der Waals surface area contributed by atoms with E-state index in [9.17, 15) is 9.90 Å². The highest BCUT2D eigenvalue weighted by Gasteiger charge is 2.15. The van der Waals surface area contributed by atoms with Crippen LogP contribution in [-0.2, 0) is 6.42 Å². The van der Waals surface area contributed by atoms with Crippen LogP contribution in [0.2, 0.25) is 0 Å². The minimum absolute atomic E-state index is 0.135. The molecule has 128 valence electrons. The first kappa shape index (κ1) is 17.9. The molecule has 1 unspecified atom stereocenters. The zero-order valence-corrected chi connectivity index (χ0v) is 14.7. The summed E-state index contributed by atoms with van der Waals surface area (Å²) >= 11 is 0. The fourth-order valence-corrected chi connectivity index (χ4v) is 2.63. The largest absolute Gasteiger partial charge is 0.508 e. The van der Waals surface area contributed by atoms with Crippen LogP contribution in [-0.4, -0.2) is 18.1 Å². The summed E-state index contributed by atoms with van der Waals surface area (Å²) in [5.74, 6) is 1.19. The van der Waals surface area contributed by atoms with Crippen LogP contribution < -0.4 is 10.1 Å². The summed E-state index contributed by atoms with van der Waals surface area (Å²) in [5.41, 5.74) is 2.45. The van der Waals surface area contributed by atoms with E-state index in [-0.39, 0.29) is 17.7 Å². The Kier molecular flexibility index (Phi) is 5.85. The van der Waals surface area contributed by atoms with Gasteiger partial charge < -0.3 is 15.2 Å². The molecule has 1 atom stereocenters. The second-order valence-corrected chi connectivity index (χ2v) is 6.41. The van der Waals surface area contributed by atoms with Crippen LogP contribution in [0.5, 0.6) is 11.5 Å². The number of ether oxygens (including phenoxy) is 1. The summed E-state index contributed by atoms with van der Waals surface area (Å²) in [6.45, 7) is 6.17. The van der Waals surface area contributed by atoms with E-state index in [1.54, 1.807) is 25.3 Å². The van der Waals surface area contributed by atoms with Gasteiger partial charge in [0.25, 0.3) is 5.91 Å². The molecular formula is C20H25NO3. The van der Waals surface area contributed by atoms with E-state index >= 15 is 0 Å². The molecule has 2 aromatic carbocycles. The third-order valence-corrected chi connectivity index (χ3v) is 3.91. The number of nitrogens with one attached hydrogen (secondary N) is 1. The number of benzene rings is 2. The van der Waals surface area contributed by atoms with Gasteiger partial charge in [0.15, 0.2) is 0 Å². The number of carbonyl (C=O) groups is 1. The Morgan fingerprint density at radius 1 is 1.12 bits per heavy atom. The molecule has 0 saturated heterocycles. The number of phenols is 1. The van der Waals surface area contributed by atoms with Crippen molar-refractivity contribution in [3.05, 3.63) is 59.2 Å². The third-order valence-electron chi connectivity index (χ3n) is 3.91. The van der Waals surface area contributed by atoms with E-state index in [4.69, 9.17) is 4.74 Å². The first-order valence-electron chi connectivity index (χ1n) is 8.17. The molecule has 1 amide bonds. The zero-order chi connectivity index (χ0) is 17.7. The third kappa shape index (κ3) is 4.51. The number of hydrogen-bond acceptors (Lipinski definition) is 3. The summed E-state index contributed by atoms with van der Waals surface area (Å²) in [7, 11) is 1.57. The molecule has 24 heavy (non-hydrogen) atoms. The van der Waals surface area contributed by atoms with Crippen LogP contribution in [0.3, 0.4) is 0 Å². The number of rotatable bonds is 6. The molecule has 0 aliphatic rings. The number of aromatic hydroxyl groups is 1. The van der Waals surface area contributed by atoms with Crippen molar-refractivity contribution in [1.82, 2.24) is 5.32 Å². The maximum atomic E-state index is 12.4. The molecule has 0 aliphatic carbocycles. The van der Waals surface area contributed by atoms with E-state index in [0.717, 1.165) is 6.42 Å². The van der Waals surface area contributed by atoms with E-state index in [1.807, 2.05) is 31.2 Å². The molecule has 0 spiro atoms. The van der Waals surface area contributed by atoms with Gasteiger partial charge in [-0.15, -0.1) is 0 Å². The zero-order valence-electron chi connectivity index (χ0n) is 14.7. The minimum Gasteiger partial charge on any atom is -0.508 e. The van der Waals surface area contributed by atoms with Gasteiger partial charge in [0.05, 0.1) is 13.2 Å². The highest BCUT2D eigenvalue weighted by atomic mass is 16.5. The van der Waals surface area contributed by atoms with Gasteiger partial charge in [-0.2, -0.15) is 0 Å². The van der Waals surface area contributed by atoms with Crippen molar-refractivity contribution in [3.8, 4) is 11.5 Å². The van der Waals surface area contributed by atoms with Gasteiger partial charge in [-0.1, -0.05) is 26.0 Å². The number of phenolic OH excluding ortho intramolecular Hbond substituents is 1. The standard InChI is InChI=1S/C20H25NO3/c1-13(2)11-15-5-7-16(8-6-15)20(23)21-14(3)18-12-17(24-4)9-10-19(18)22/h5-10,12-14,22H,11H2,1-4H3,(H,21,23). The van der Waals surface area contributed by atoms with Gasteiger partial charge >= 0.3 is 0 Å². The van der Waals surface area contributed by atoms with Crippen molar-refractivity contribution in [1.29, 1.82) is 0 Å². The highest BCUT2D eigenvalue weighted by molar-refractivity contribution is 5.94. The summed E-state index contributed by atoms with van der Waals surface area (Å²) in [5, 5.41) is 12.9. The van der Waals surface area contributed by atoms with Gasteiger partial charge in [0.2, 0.25) is 0 Å². The Labute approximate surface area is 143 Å². The normalized spacial score (nSPS) is 12.0. The van der Waals surface area contributed by atoms with Gasteiger partial charge in [0, 0.05) is 11.1 Å². The quantitative estimate of drug-likeness (QED) is 0.840. The van der Waals surface area contributed by atoms with Crippen LogP contribution >= 0.6 is 0 Å². The molecule has 0 fully saturated rings. The number of amides is 1. The second-order valence-electron chi connectivity index (χ2n) is 6.41. The Morgan fingerprint density at radius 2 is 1.79 bits per heavy atom. The first-order chi connectivity index (χ1) is 11.4. The number of carbonyl (C=O) groups excluding carboxylic acids is 1. The lowest BCUT2D eigenvalue weighted by Crippen LogP contribution is -2.26. The van der Waals surface area contributed by atoms with Crippen molar-refractivity contribution < 1.29 is 14.6 Å². The van der Waals surface area contributed by atoms with Crippen molar-refractivity contribution >= 4 is 5.91 Å². The van der Waals surface area contributed by atoms with Crippen molar-refractivity contribution in [3.63, 3.8) is 0 Å². The summed E-state index contributed by atoms with van der Waals surface area (Å²) in [6.07, 6.45) is 0.996. The van der Waals surface area contributed by atoms with Gasteiger partial charge in [-0.05, 0) is 55.2 Å². The molecule has 0 aromatic heterocycles. The summed E-state index contributed by atoms with van der Waals surface area (Å²) in [6, 6.07) is 12.3. The van der Waals surface area contributed by atoms with E-state index < -0.39 is 0 Å². The Hall–Kier alpha value is -2.49. The predicted molar refractivity (Wildman–Crippen MR) is 95.5 cm³/mol. The maximum absolute atomic E-state index is 12.4. The molecule has 2 rings (SSSR count). The molecular weight excluding hydrogens is 302 g/mol. The number of hydrogen-bond donors (Lipinski definition) is 2. The van der Waals surface area contributed by atoms with Crippen LogP contribution in [0.1, 0.15) is 48.3 Å². The molecule has 0 heterocycles. The average Bonchev–Trinajstić information content (AvgIpc) is 2.55. The average molecular weight is 327 g/mol. The maximum Gasteiger partial charge on any atom is 0.251 e. The Balaban J connectivity index is 2.08. The van der Waals surface area contributed by atoms with Crippen molar-refractivity contribution in [2.24, 2.45) is 5.92 Å². The highest BCUT2D eigenvalue weighted by Crippen LogP contribution is 2.28. The SMILES string of the molecule is COc1ccc(O)c(C(C)NC(=O)c2ccc(CC(C)C)cc2)c1. The monoisotopic (exact) mass is 327 g/mol. The fraction of sp³-hybridized carbons (Fsp3) is 0.350. The summed E-state index contributed by atoms with van der Waals surface area (Å²) < 4.78 is 5.17. The molecule has 2 aromatic rings. The van der Waals surface area contributed by atoms with Crippen LogP contribution in [0.25, 0.3) is 0 Å². The lowest BCUT2D eigenvalue weighted by atomic mass is 10.0. The molecule has 0 bridgehead atoms. The van der Waals surface area contributed by atoms with Gasteiger partial charge in [0.1, 0.15) is 11.5 Å². The molecule has 0 radical (unpaired) electrons. The van der Waals surface area contributed by atoms with E-state index in [2.05, 4.69) is 19.2 Å². The number of methoxy groups -OCH3 is 1. The predicted octanol–water partition coefficient (Wildman–Crippen LogP) is 4.09. The van der Waals surface area contributed by atoms with Gasteiger partial charge in [-0.3, -0.25) is 4.79 Å². The van der Waals surface area contributed by atoms with Crippen LogP contribution in [0.15, 0.2) is 42.5 Å². The van der Waals surface area contributed by atoms with E-state index in [1.165, 1.54) is 5.56 Å². The topological polar surface area (TPSA) is 58.6 Å². The van der Waals surface area contributed by atoms with Crippen molar-refractivity contribution in [2.75, 3.05) is 7.11 Å². The Bertz CT molecular complexity index is 693. The lowest BCUT2D eigenvalue weighted by Gasteiger charge is -2.17. The molecule has 4 heteroatoms. The minimum atomic E-state index is -0.331. The van der Waals surface area contributed by atoms with E-state index in [0.29, 0.717) is 22.8 Å². The van der Waals surface area contributed by atoms with Crippen LogP contribution in [0.4, 0.5) is 0 Å². The molecule has 2 N–H and O–H groups in total. The fourth-order valence-electron chi connectivity index (χ4n) is 2.63. The second kappa shape index (κ2) is 7.86. The molecule has 0 aliphatic heterocycles. The van der Waals surface area contributed by atoms with Crippen LogP contribution in [0, 0.1) is 5.92 Å². The Morgan fingerprint density at radius 3 is 2.38 bits per heavy atom. The first-order valence-corrected chi connectivity index (χ1v) is 8.17. The lowest BCUT2D eigenvalue weighted by molar-refractivity contribution is 0.0939. The smallest absolute Gasteiger partial charge is 0.251 e. The van der Waals surface area contributed by atoms with Crippen molar-refractivity contribution in [2.45, 2.75) is 33.2 Å². The van der Waals surface area contributed by atoms with Gasteiger partial charge in [-0.25, -0.2) is 0 Å². The molecule has 4 nitrogen and oxygen atoms in total.